The van der Waals surface area contributed by atoms with Crippen molar-refractivity contribution in [1.82, 2.24) is 10.3 Å². The quantitative estimate of drug-likeness (QED) is 0.584. The summed E-state index contributed by atoms with van der Waals surface area (Å²) in [5.41, 5.74) is 6.96. The van der Waals surface area contributed by atoms with Crippen molar-refractivity contribution in [2.45, 2.75) is 40.2 Å². The molecule has 3 nitrogen and oxygen atoms in total. The monoisotopic (exact) mass is 360 g/mol. The fourth-order valence-electron chi connectivity index (χ4n) is 3.49. The van der Waals surface area contributed by atoms with Crippen LogP contribution in [0.25, 0.3) is 16.5 Å². The number of fused-ring (bicyclic) bond motifs is 1. The lowest BCUT2D eigenvalue weighted by atomic mass is 9.98. The molecule has 1 aromatic heterocycles. The summed E-state index contributed by atoms with van der Waals surface area (Å²) in [7, 11) is 0. The van der Waals surface area contributed by atoms with E-state index in [-0.39, 0.29) is 5.56 Å². The van der Waals surface area contributed by atoms with E-state index in [0.717, 1.165) is 42.4 Å². The highest BCUT2D eigenvalue weighted by Crippen LogP contribution is 2.21. The number of nitrogens with one attached hydrogen (secondary N) is 2. The highest BCUT2D eigenvalue weighted by Gasteiger charge is 2.05. The zero-order chi connectivity index (χ0) is 19.2. The minimum Gasteiger partial charge on any atom is -0.322 e. The lowest BCUT2D eigenvalue weighted by Crippen LogP contribution is -2.16. The first kappa shape index (κ1) is 19.1. The number of aromatic amines is 1. The first-order valence-corrected chi connectivity index (χ1v) is 9.69. The minimum absolute atomic E-state index is 0.0195. The molecular weight excluding hydrogens is 332 g/mol. The van der Waals surface area contributed by atoms with Gasteiger partial charge in [-0.1, -0.05) is 49.4 Å². The second-order valence-electron chi connectivity index (χ2n) is 6.95. The third kappa shape index (κ3) is 4.55. The predicted octanol–water partition coefficient (Wildman–Crippen LogP) is 4.98. The highest BCUT2D eigenvalue weighted by atomic mass is 16.1. The van der Waals surface area contributed by atoms with Crippen LogP contribution in [0, 0.1) is 6.92 Å². The van der Waals surface area contributed by atoms with Crippen LogP contribution in [0.15, 0.2) is 59.4 Å². The number of rotatable bonds is 7. The molecule has 0 aliphatic heterocycles. The molecule has 27 heavy (non-hydrogen) atoms. The van der Waals surface area contributed by atoms with Crippen molar-refractivity contribution in [1.29, 1.82) is 0 Å². The molecule has 2 N–H and O–H groups in total. The normalized spacial score (nSPS) is 11.9. The van der Waals surface area contributed by atoms with Crippen LogP contribution in [0.3, 0.4) is 0 Å². The minimum atomic E-state index is 0.0195. The Bertz CT molecular complexity index is 1010. The fourth-order valence-corrected chi connectivity index (χ4v) is 3.49. The number of allylic oxidation sites excluding steroid dienone is 1. The maximum absolute atomic E-state index is 12.0. The van der Waals surface area contributed by atoms with Crippen molar-refractivity contribution in [3.8, 4) is 0 Å². The summed E-state index contributed by atoms with van der Waals surface area (Å²) in [4.78, 5) is 15.0. The molecule has 1 heterocycles. The third-order valence-corrected chi connectivity index (χ3v) is 5.11. The topological polar surface area (TPSA) is 44.9 Å². The summed E-state index contributed by atoms with van der Waals surface area (Å²) < 4.78 is 0. The Labute approximate surface area is 161 Å². The number of H-pyrrole nitrogens is 1. The van der Waals surface area contributed by atoms with Gasteiger partial charge in [-0.15, -0.1) is 0 Å². The highest BCUT2D eigenvalue weighted by molar-refractivity contribution is 5.79. The van der Waals surface area contributed by atoms with Gasteiger partial charge in [0.15, 0.2) is 0 Å². The summed E-state index contributed by atoms with van der Waals surface area (Å²) in [6.07, 6.45) is 3.95. The summed E-state index contributed by atoms with van der Waals surface area (Å²) in [5, 5.41) is 4.61. The molecule has 2 aromatic carbocycles. The van der Waals surface area contributed by atoms with E-state index >= 15 is 0 Å². The maximum atomic E-state index is 12.0. The molecule has 0 fully saturated rings. The first-order chi connectivity index (χ1) is 13.1. The Morgan fingerprint density at radius 3 is 2.70 bits per heavy atom. The van der Waals surface area contributed by atoms with Crippen molar-refractivity contribution in [2.24, 2.45) is 0 Å². The van der Waals surface area contributed by atoms with Crippen molar-refractivity contribution in [3.05, 3.63) is 87.2 Å². The van der Waals surface area contributed by atoms with E-state index in [1.165, 1.54) is 22.3 Å². The summed E-state index contributed by atoms with van der Waals surface area (Å²) >= 11 is 0. The molecule has 0 saturated heterocycles. The number of hydrogen-bond acceptors (Lipinski definition) is 2. The Balaban J connectivity index is 1.62. The molecule has 0 atom stereocenters. The van der Waals surface area contributed by atoms with Gasteiger partial charge < -0.3 is 10.3 Å². The molecule has 0 spiro atoms. The second kappa shape index (κ2) is 8.83. The van der Waals surface area contributed by atoms with Crippen LogP contribution >= 0.6 is 0 Å². The van der Waals surface area contributed by atoms with E-state index in [4.69, 9.17) is 0 Å². The molecule has 0 bridgehead atoms. The number of aromatic nitrogens is 1. The standard InChI is InChI=1S/C24H28N2O/c1-4-19(22-9-7-6-8-17(22)3)12-13-25-16-18-10-11-21-15-20(5-2)24(27)26-23(21)14-18/h4,6-11,14-15,25H,5,12-13,16H2,1-3H3,(H,26,27)/b19-4-. The van der Waals surface area contributed by atoms with Crippen molar-refractivity contribution in [3.63, 3.8) is 0 Å². The van der Waals surface area contributed by atoms with Gasteiger partial charge in [-0.25, -0.2) is 0 Å². The van der Waals surface area contributed by atoms with Crippen LogP contribution in [0.4, 0.5) is 0 Å². The molecule has 3 rings (SSSR count). The van der Waals surface area contributed by atoms with Gasteiger partial charge in [-0.05, 0) is 73.0 Å². The molecule has 0 radical (unpaired) electrons. The van der Waals surface area contributed by atoms with Gasteiger partial charge in [0.2, 0.25) is 0 Å². The molecule has 3 aromatic rings. The first-order valence-electron chi connectivity index (χ1n) is 9.69. The number of benzene rings is 2. The molecular formula is C24H28N2O. The lowest BCUT2D eigenvalue weighted by molar-refractivity contribution is 0.700. The van der Waals surface area contributed by atoms with Crippen molar-refractivity contribution in [2.75, 3.05) is 6.54 Å². The second-order valence-corrected chi connectivity index (χ2v) is 6.95. The summed E-state index contributed by atoms with van der Waals surface area (Å²) in [6, 6.07) is 16.8. The van der Waals surface area contributed by atoms with Gasteiger partial charge in [0.25, 0.3) is 5.56 Å². The van der Waals surface area contributed by atoms with Gasteiger partial charge in [0, 0.05) is 17.6 Å². The van der Waals surface area contributed by atoms with Gasteiger partial charge in [-0.2, -0.15) is 0 Å². The van der Waals surface area contributed by atoms with Crippen LogP contribution in [-0.4, -0.2) is 11.5 Å². The average Bonchev–Trinajstić information content (AvgIpc) is 2.68. The Morgan fingerprint density at radius 2 is 1.96 bits per heavy atom. The van der Waals surface area contributed by atoms with Crippen LogP contribution in [-0.2, 0) is 13.0 Å². The summed E-state index contributed by atoms with van der Waals surface area (Å²) in [6.45, 7) is 7.97. The van der Waals surface area contributed by atoms with Gasteiger partial charge in [-0.3, -0.25) is 4.79 Å². The van der Waals surface area contributed by atoms with E-state index < -0.39 is 0 Å². The Kier molecular flexibility index (Phi) is 6.25. The zero-order valence-electron chi connectivity index (χ0n) is 16.4. The SMILES string of the molecule is C/C=C(/CCNCc1ccc2cc(CC)c(=O)[nH]c2c1)c1ccccc1C. The fraction of sp³-hybridized carbons (Fsp3) is 0.292. The molecule has 0 amide bonds. The molecule has 0 unspecified atom stereocenters. The number of pyridine rings is 1. The molecule has 0 aliphatic rings. The maximum Gasteiger partial charge on any atom is 0.251 e. The van der Waals surface area contributed by atoms with Crippen molar-refractivity contribution >= 4 is 16.5 Å². The zero-order valence-corrected chi connectivity index (χ0v) is 16.4. The van der Waals surface area contributed by atoms with E-state index in [9.17, 15) is 4.79 Å². The van der Waals surface area contributed by atoms with Gasteiger partial charge in [0.05, 0.1) is 0 Å². The van der Waals surface area contributed by atoms with Crippen molar-refractivity contribution < 1.29 is 0 Å². The van der Waals surface area contributed by atoms with Gasteiger partial charge >= 0.3 is 0 Å². The van der Waals surface area contributed by atoms with Crippen LogP contribution < -0.4 is 10.9 Å². The molecule has 140 valence electrons. The molecule has 0 saturated carbocycles. The Hall–Kier alpha value is -2.65. The van der Waals surface area contributed by atoms with Crippen LogP contribution in [0.1, 0.15) is 42.5 Å². The number of aryl methyl sites for hydroxylation is 2. The van der Waals surface area contributed by atoms with Gasteiger partial charge in [0.1, 0.15) is 0 Å². The number of hydrogen-bond donors (Lipinski definition) is 2. The molecule has 0 aliphatic carbocycles. The van der Waals surface area contributed by atoms with E-state index in [1.54, 1.807) is 0 Å². The largest absolute Gasteiger partial charge is 0.322 e. The Morgan fingerprint density at radius 1 is 1.15 bits per heavy atom. The van der Waals surface area contributed by atoms with Crippen LogP contribution in [0.5, 0.6) is 0 Å². The summed E-state index contributed by atoms with van der Waals surface area (Å²) in [5.74, 6) is 0. The lowest BCUT2D eigenvalue weighted by Gasteiger charge is -2.12. The van der Waals surface area contributed by atoms with Crippen LogP contribution in [0.2, 0.25) is 0 Å². The average molecular weight is 361 g/mol. The predicted molar refractivity (Wildman–Crippen MR) is 115 cm³/mol. The van der Waals surface area contributed by atoms with E-state index in [1.807, 2.05) is 13.0 Å². The van der Waals surface area contributed by atoms with E-state index in [2.05, 4.69) is 72.7 Å². The molecule has 3 heteroatoms. The van der Waals surface area contributed by atoms with E-state index in [0.29, 0.717) is 0 Å². The smallest absolute Gasteiger partial charge is 0.251 e. The third-order valence-electron chi connectivity index (χ3n) is 5.11.